The molecule has 218 valence electrons. The fraction of sp³-hybridized carbons (Fsp3) is 0.467. The molecule has 3 aliphatic carbocycles. The zero-order chi connectivity index (χ0) is 29.2. The van der Waals surface area contributed by atoms with Crippen molar-refractivity contribution < 1.29 is 32.4 Å². The minimum Gasteiger partial charge on any atom is -0.504 e. The molecule has 1 amide bonds. The van der Waals surface area contributed by atoms with Crippen LogP contribution in [0, 0.1) is 5.92 Å². The van der Waals surface area contributed by atoms with Gasteiger partial charge in [-0.05, 0) is 80.0 Å². The molecule has 41 heavy (non-hydrogen) atoms. The zero-order valence-electron chi connectivity index (χ0n) is 22.7. The van der Waals surface area contributed by atoms with Gasteiger partial charge in [-0.1, -0.05) is 29.8 Å². The van der Waals surface area contributed by atoms with Crippen molar-refractivity contribution in [2.24, 2.45) is 5.92 Å². The van der Waals surface area contributed by atoms with Gasteiger partial charge in [0.05, 0.1) is 17.2 Å². The highest BCUT2D eigenvalue weighted by atomic mass is 35.5. The highest BCUT2D eigenvalue weighted by Gasteiger charge is 2.73. The van der Waals surface area contributed by atoms with E-state index in [-0.39, 0.29) is 23.5 Å². The maximum atomic E-state index is 13.5. The fourth-order valence-corrected chi connectivity index (χ4v) is 7.70. The van der Waals surface area contributed by atoms with E-state index < -0.39 is 27.2 Å². The highest BCUT2D eigenvalue weighted by Crippen LogP contribution is 2.65. The van der Waals surface area contributed by atoms with E-state index in [1.807, 2.05) is 18.2 Å². The number of Topliss-reactive ketones (excluding diaryl/α,β-unsaturated/α-hetero) is 1. The SMILES string of the molecule is CS(=O)(=O)O.O=C(/C=C/c1ccc(Cl)cc1)N[C@@]12CCC(=O)[C@@H]3Oc4c(O)ccc5c4[C@@]31CCN(CC1CC1)[C@@H]2C5. The Kier molecular flexibility index (Phi) is 6.96. The molecular weight excluding hydrogens is 568 g/mol. The van der Waals surface area contributed by atoms with Crippen LogP contribution in [0.1, 0.15) is 48.8 Å². The number of phenols is 1. The Bertz CT molecular complexity index is 1530. The number of phenolic OH excluding ortho intramolecular Hbond substituents is 1. The molecule has 3 N–H and O–H groups in total. The van der Waals surface area contributed by atoms with Crippen molar-refractivity contribution in [2.75, 3.05) is 19.3 Å². The van der Waals surface area contributed by atoms with Crippen LogP contribution in [0.4, 0.5) is 0 Å². The topological polar surface area (TPSA) is 133 Å². The van der Waals surface area contributed by atoms with E-state index in [1.54, 1.807) is 30.4 Å². The number of amides is 1. The first-order valence-corrected chi connectivity index (χ1v) is 16.1. The third kappa shape index (κ3) is 4.94. The molecule has 2 aromatic rings. The summed E-state index contributed by atoms with van der Waals surface area (Å²) in [5, 5.41) is 14.8. The van der Waals surface area contributed by atoms with Crippen molar-refractivity contribution in [3.63, 3.8) is 0 Å². The Hall–Kier alpha value is -2.92. The van der Waals surface area contributed by atoms with E-state index >= 15 is 0 Å². The zero-order valence-corrected chi connectivity index (χ0v) is 24.2. The lowest BCUT2D eigenvalue weighted by Crippen LogP contribution is -2.81. The predicted octanol–water partition coefficient (Wildman–Crippen LogP) is 3.52. The maximum absolute atomic E-state index is 13.5. The van der Waals surface area contributed by atoms with Gasteiger partial charge in [0.25, 0.3) is 10.1 Å². The summed E-state index contributed by atoms with van der Waals surface area (Å²) in [4.78, 5) is 29.4. The lowest BCUT2D eigenvalue weighted by molar-refractivity contribution is -0.148. The number of hydrogen-bond acceptors (Lipinski definition) is 7. The number of piperidine rings is 1. The van der Waals surface area contributed by atoms with Gasteiger partial charge < -0.3 is 15.2 Å². The van der Waals surface area contributed by atoms with Gasteiger partial charge in [-0.3, -0.25) is 19.0 Å². The molecule has 9 nitrogen and oxygen atoms in total. The second-order valence-electron chi connectivity index (χ2n) is 11.9. The number of likely N-dealkylation sites (tertiary alicyclic amines) is 1. The maximum Gasteiger partial charge on any atom is 0.261 e. The molecule has 5 aliphatic rings. The van der Waals surface area contributed by atoms with Crippen molar-refractivity contribution >= 4 is 39.5 Å². The molecule has 0 aromatic heterocycles. The average molecular weight is 601 g/mol. The Labute approximate surface area is 244 Å². The van der Waals surface area contributed by atoms with Crippen LogP contribution in [0.2, 0.25) is 5.02 Å². The summed E-state index contributed by atoms with van der Waals surface area (Å²) in [5.74, 6) is 1.13. The number of ether oxygens (including phenoxy) is 1. The molecular formula is C30H33ClN2O7S. The van der Waals surface area contributed by atoms with Crippen LogP contribution >= 0.6 is 11.6 Å². The molecule has 3 fully saturated rings. The normalized spacial score (nSPS) is 29.8. The first kappa shape index (κ1) is 28.2. The Morgan fingerprint density at radius 2 is 1.90 bits per heavy atom. The molecule has 0 radical (unpaired) electrons. The predicted molar refractivity (Wildman–Crippen MR) is 154 cm³/mol. The molecule has 2 bridgehead atoms. The number of benzene rings is 2. The number of ketones is 1. The third-order valence-electron chi connectivity index (χ3n) is 9.26. The van der Waals surface area contributed by atoms with Crippen LogP contribution in [0.25, 0.3) is 6.08 Å². The van der Waals surface area contributed by atoms with Gasteiger partial charge in [-0.15, -0.1) is 0 Å². The lowest BCUT2D eigenvalue weighted by atomic mass is 9.47. The van der Waals surface area contributed by atoms with Crippen LogP contribution in [0.5, 0.6) is 11.5 Å². The summed E-state index contributed by atoms with van der Waals surface area (Å²) in [7, 11) is -3.67. The summed E-state index contributed by atoms with van der Waals surface area (Å²) in [6.45, 7) is 1.89. The largest absolute Gasteiger partial charge is 0.504 e. The summed E-state index contributed by atoms with van der Waals surface area (Å²) in [6, 6.07) is 11.1. The molecule has 1 spiro atoms. The Morgan fingerprint density at radius 3 is 2.59 bits per heavy atom. The molecule has 7 rings (SSSR count). The van der Waals surface area contributed by atoms with Gasteiger partial charge in [0.15, 0.2) is 23.4 Å². The molecule has 2 aliphatic heterocycles. The van der Waals surface area contributed by atoms with Crippen molar-refractivity contribution in [3.8, 4) is 11.5 Å². The first-order chi connectivity index (χ1) is 19.4. The number of carbonyl (C=O) groups excluding carboxylic acids is 2. The quantitative estimate of drug-likeness (QED) is 0.351. The first-order valence-electron chi connectivity index (χ1n) is 13.9. The minimum atomic E-state index is -3.67. The van der Waals surface area contributed by atoms with Crippen molar-refractivity contribution in [1.82, 2.24) is 10.2 Å². The molecule has 4 atom stereocenters. The lowest BCUT2D eigenvalue weighted by Gasteiger charge is -2.65. The van der Waals surface area contributed by atoms with Crippen molar-refractivity contribution in [2.45, 2.75) is 61.6 Å². The number of aromatic hydroxyl groups is 1. The van der Waals surface area contributed by atoms with E-state index in [0.717, 1.165) is 42.6 Å². The number of rotatable bonds is 5. The van der Waals surface area contributed by atoms with E-state index in [4.69, 9.17) is 20.9 Å². The summed E-state index contributed by atoms with van der Waals surface area (Å²) in [6.07, 6.45) is 8.34. The molecule has 2 saturated carbocycles. The summed E-state index contributed by atoms with van der Waals surface area (Å²) in [5.41, 5.74) is 1.66. The number of carbonyl (C=O) groups is 2. The van der Waals surface area contributed by atoms with Crippen LogP contribution in [0.15, 0.2) is 42.5 Å². The van der Waals surface area contributed by atoms with E-state index in [0.29, 0.717) is 35.8 Å². The fourth-order valence-electron chi connectivity index (χ4n) is 7.57. The van der Waals surface area contributed by atoms with Crippen LogP contribution in [0.3, 0.4) is 0 Å². The van der Waals surface area contributed by atoms with Crippen molar-refractivity contribution in [1.29, 1.82) is 0 Å². The Morgan fingerprint density at radius 1 is 1.20 bits per heavy atom. The molecule has 0 unspecified atom stereocenters. The van der Waals surface area contributed by atoms with Crippen LogP contribution in [-0.4, -0.2) is 71.7 Å². The van der Waals surface area contributed by atoms with Gasteiger partial charge >= 0.3 is 0 Å². The van der Waals surface area contributed by atoms with E-state index in [2.05, 4.69) is 10.2 Å². The number of nitrogens with one attached hydrogen (secondary N) is 1. The number of halogens is 1. The summed E-state index contributed by atoms with van der Waals surface area (Å²) < 4.78 is 32.2. The average Bonchev–Trinajstić information content (AvgIpc) is 3.64. The smallest absolute Gasteiger partial charge is 0.261 e. The van der Waals surface area contributed by atoms with E-state index in [9.17, 15) is 23.1 Å². The molecule has 1 saturated heterocycles. The minimum absolute atomic E-state index is 0.0643. The van der Waals surface area contributed by atoms with Gasteiger partial charge in [0, 0.05) is 35.7 Å². The van der Waals surface area contributed by atoms with Gasteiger partial charge in [0.2, 0.25) is 5.91 Å². The van der Waals surface area contributed by atoms with Crippen LogP contribution in [-0.2, 0) is 31.5 Å². The van der Waals surface area contributed by atoms with Gasteiger partial charge in [-0.25, -0.2) is 0 Å². The van der Waals surface area contributed by atoms with E-state index in [1.165, 1.54) is 12.8 Å². The van der Waals surface area contributed by atoms with Gasteiger partial charge in [-0.2, -0.15) is 8.42 Å². The van der Waals surface area contributed by atoms with Crippen LogP contribution < -0.4 is 10.1 Å². The third-order valence-corrected chi connectivity index (χ3v) is 9.51. The molecule has 11 heteroatoms. The van der Waals surface area contributed by atoms with Gasteiger partial charge in [0.1, 0.15) is 0 Å². The second kappa shape index (κ2) is 10.1. The van der Waals surface area contributed by atoms with Crippen molar-refractivity contribution in [3.05, 3.63) is 64.2 Å². The molecule has 2 heterocycles. The number of hydrogen-bond donors (Lipinski definition) is 3. The standard InChI is InChI=1S/C29H29ClN2O4.CH4O3S/c30-20-7-3-17(4-8-20)5-10-24(35)31-29-12-11-22(34)27-28(29)13-14-32(16-18-1-2-18)23(29)15-19-6-9-21(33)26(36-27)25(19)28;1-5(2,3)4/h3-10,18,23,27,33H,1-2,11-16H2,(H,31,35);1H3,(H,2,3,4)/b10-5+;/t23-,27+,28+,29-;/m1./s1. The summed E-state index contributed by atoms with van der Waals surface area (Å²) >= 11 is 6.00. The highest BCUT2D eigenvalue weighted by molar-refractivity contribution is 7.85. The Balaban J connectivity index is 0.000000559. The second-order valence-corrected chi connectivity index (χ2v) is 13.8. The molecule has 2 aromatic carbocycles. The number of nitrogens with zero attached hydrogens (tertiary/aromatic N) is 1. The monoisotopic (exact) mass is 600 g/mol.